The molecule has 0 bridgehead atoms. The molecule has 0 atom stereocenters. The van der Waals surface area contributed by atoms with Crippen molar-refractivity contribution in [2.75, 3.05) is 32.5 Å². The quantitative estimate of drug-likeness (QED) is 0.722. The van der Waals surface area contributed by atoms with Crippen LogP contribution in [-0.4, -0.2) is 43.0 Å². The first-order valence-corrected chi connectivity index (χ1v) is 9.04. The van der Waals surface area contributed by atoms with Gasteiger partial charge in [-0.15, -0.1) is 0 Å². The number of alkyl halides is 3. The maximum absolute atomic E-state index is 13.0. The predicted molar refractivity (Wildman–Crippen MR) is 106 cm³/mol. The molecule has 29 heavy (non-hydrogen) atoms. The molecular formula is C20H20ClF3N4O. The van der Waals surface area contributed by atoms with Crippen LogP contribution < -0.4 is 5.32 Å². The van der Waals surface area contributed by atoms with Gasteiger partial charge in [-0.25, -0.2) is 4.79 Å². The molecule has 0 aliphatic rings. The van der Waals surface area contributed by atoms with E-state index in [1.165, 1.54) is 11.0 Å². The SMILES string of the molecule is CN(C)CCN(Cc1ccc(C#N)cc1)C(=O)Nc1ccc(Cl)c(C(F)(F)F)c1. The second kappa shape index (κ2) is 9.63. The lowest BCUT2D eigenvalue weighted by atomic mass is 10.1. The minimum atomic E-state index is -4.62. The fourth-order valence-corrected chi connectivity index (χ4v) is 2.73. The lowest BCUT2D eigenvalue weighted by Crippen LogP contribution is -2.39. The number of amides is 2. The molecule has 2 amide bonds. The summed E-state index contributed by atoms with van der Waals surface area (Å²) in [5.41, 5.74) is 0.286. The van der Waals surface area contributed by atoms with Crippen molar-refractivity contribution in [1.82, 2.24) is 9.80 Å². The summed E-state index contributed by atoms with van der Waals surface area (Å²) >= 11 is 5.63. The summed E-state index contributed by atoms with van der Waals surface area (Å²) in [6, 6.07) is 11.5. The van der Waals surface area contributed by atoms with Crippen LogP contribution in [0.5, 0.6) is 0 Å². The van der Waals surface area contributed by atoms with Crippen molar-refractivity contribution in [3.63, 3.8) is 0 Å². The van der Waals surface area contributed by atoms with Gasteiger partial charge in [0, 0.05) is 25.3 Å². The summed E-state index contributed by atoms with van der Waals surface area (Å²) in [4.78, 5) is 16.1. The Balaban J connectivity index is 2.19. The highest BCUT2D eigenvalue weighted by Crippen LogP contribution is 2.36. The number of halogens is 4. The third-order valence-corrected chi connectivity index (χ3v) is 4.41. The topological polar surface area (TPSA) is 59.4 Å². The van der Waals surface area contributed by atoms with Crippen LogP contribution in [0.25, 0.3) is 0 Å². The van der Waals surface area contributed by atoms with Crippen molar-refractivity contribution in [2.45, 2.75) is 12.7 Å². The first-order valence-electron chi connectivity index (χ1n) is 8.66. The molecule has 0 unspecified atom stereocenters. The lowest BCUT2D eigenvalue weighted by Gasteiger charge is -2.25. The van der Waals surface area contributed by atoms with Crippen molar-refractivity contribution in [3.8, 4) is 6.07 Å². The van der Waals surface area contributed by atoms with Crippen LogP contribution in [0.15, 0.2) is 42.5 Å². The van der Waals surface area contributed by atoms with Gasteiger partial charge >= 0.3 is 12.2 Å². The number of hydrogen-bond acceptors (Lipinski definition) is 3. The van der Waals surface area contributed by atoms with Crippen molar-refractivity contribution < 1.29 is 18.0 Å². The number of benzene rings is 2. The highest BCUT2D eigenvalue weighted by atomic mass is 35.5. The molecule has 5 nitrogen and oxygen atoms in total. The highest BCUT2D eigenvalue weighted by Gasteiger charge is 2.33. The predicted octanol–water partition coefficient (Wildman–Crippen LogP) is 4.83. The third kappa shape index (κ3) is 6.66. The summed E-state index contributed by atoms with van der Waals surface area (Å²) in [7, 11) is 3.71. The number of hydrogen-bond donors (Lipinski definition) is 1. The van der Waals surface area contributed by atoms with E-state index in [0.29, 0.717) is 18.7 Å². The van der Waals surface area contributed by atoms with E-state index >= 15 is 0 Å². The summed E-state index contributed by atoms with van der Waals surface area (Å²) in [5.74, 6) is 0. The van der Waals surface area contributed by atoms with Gasteiger partial charge in [-0.3, -0.25) is 0 Å². The van der Waals surface area contributed by atoms with Gasteiger partial charge in [-0.05, 0) is 50.0 Å². The van der Waals surface area contributed by atoms with Crippen LogP contribution in [0.4, 0.5) is 23.7 Å². The van der Waals surface area contributed by atoms with Gasteiger partial charge in [-0.2, -0.15) is 18.4 Å². The molecule has 0 aromatic heterocycles. The number of likely N-dealkylation sites (N-methyl/N-ethyl adjacent to an activating group) is 1. The molecule has 0 fully saturated rings. The molecule has 0 saturated heterocycles. The van der Waals surface area contributed by atoms with Gasteiger partial charge in [0.05, 0.1) is 22.2 Å². The van der Waals surface area contributed by atoms with Crippen LogP contribution >= 0.6 is 11.6 Å². The smallest absolute Gasteiger partial charge is 0.319 e. The Morgan fingerprint density at radius 3 is 2.34 bits per heavy atom. The number of carbonyl (C=O) groups is 1. The lowest BCUT2D eigenvalue weighted by molar-refractivity contribution is -0.137. The summed E-state index contributed by atoms with van der Waals surface area (Å²) in [5, 5.41) is 11.0. The number of nitriles is 1. The zero-order valence-electron chi connectivity index (χ0n) is 15.9. The zero-order chi connectivity index (χ0) is 21.6. The standard InChI is InChI=1S/C20H20ClF3N4O/c1-27(2)9-10-28(13-15-5-3-14(12-25)4-6-15)19(29)26-16-7-8-18(21)17(11-16)20(22,23)24/h3-8,11H,9-10,13H2,1-2H3,(H,26,29). The van der Waals surface area contributed by atoms with Crippen LogP contribution in [0.2, 0.25) is 5.02 Å². The van der Waals surface area contributed by atoms with Crippen LogP contribution in [0.1, 0.15) is 16.7 Å². The van der Waals surface area contributed by atoms with E-state index in [4.69, 9.17) is 16.9 Å². The molecule has 0 radical (unpaired) electrons. The molecule has 9 heteroatoms. The fraction of sp³-hybridized carbons (Fsp3) is 0.300. The van der Waals surface area contributed by atoms with Crippen molar-refractivity contribution >= 4 is 23.3 Å². The van der Waals surface area contributed by atoms with E-state index in [1.807, 2.05) is 25.1 Å². The maximum Gasteiger partial charge on any atom is 0.417 e. The first kappa shape index (κ1) is 22.5. The molecule has 2 rings (SSSR count). The fourth-order valence-electron chi connectivity index (χ4n) is 2.50. The first-order chi connectivity index (χ1) is 13.6. The minimum Gasteiger partial charge on any atom is -0.319 e. The van der Waals surface area contributed by atoms with Crippen LogP contribution in [0, 0.1) is 11.3 Å². The Hall–Kier alpha value is -2.76. The molecule has 0 heterocycles. The molecule has 1 N–H and O–H groups in total. The van der Waals surface area contributed by atoms with Gasteiger partial charge in [0.2, 0.25) is 0 Å². The zero-order valence-corrected chi connectivity index (χ0v) is 16.7. The maximum atomic E-state index is 13.0. The molecule has 0 aliphatic heterocycles. The molecule has 2 aromatic carbocycles. The van der Waals surface area contributed by atoms with Gasteiger partial charge in [0.25, 0.3) is 0 Å². The van der Waals surface area contributed by atoms with Crippen LogP contribution in [0.3, 0.4) is 0 Å². The molecule has 0 saturated carbocycles. The van der Waals surface area contributed by atoms with Gasteiger partial charge < -0.3 is 15.1 Å². The molecule has 2 aromatic rings. The number of nitrogens with zero attached hydrogens (tertiary/aromatic N) is 3. The molecule has 154 valence electrons. The van der Waals surface area contributed by atoms with E-state index in [9.17, 15) is 18.0 Å². The molecule has 0 spiro atoms. The Labute approximate surface area is 172 Å². The average molecular weight is 425 g/mol. The normalized spacial score (nSPS) is 11.2. The van der Waals surface area contributed by atoms with Gasteiger partial charge in [-0.1, -0.05) is 23.7 Å². The van der Waals surface area contributed by atoms with E-state index in [1.54, 1.807) is 24.3 Å². The van der Waals surface area contributed by atoms with Crippen molar-refractivity contribution in [3.05, 3.63) is 64.2 Å². The number of anilines is 1. The molecule has 0 aliphatic carbocycles. The Morgan fingerprint density at radius 1 is 1.14 bits per heavy atom. The second-order valence-electron chi connectivity index (χ2n) is 6.66. The highest BCUT2D eigenvalue weighted by molar-refractivity contribution is 6.31. The van der Waals surface area contributed by atoms with Crippen LogP contribution in [-0.2, 0) is 12.7 Å². The van der Waals surface area contributed by atoms with E-state index in [0.717, 1.165) is 17.7 Å². The minimum absolute atomic E-state index is 0.00130. The number of carbonyl (C=O) groups excluding carboxylic acids is 1. The number of urea groups is 1. The monoisotopic (exact) mass is 424 g/mol. The second-order valence-corrected chi connectivity index (χ2v) is 7.06. The van der Waals surface area contributed by atoms with Gasteiger partial charge in [0.15, 0.2) is 0 Å². The van der Waals surface area contributed by atoms with Crippen molar-refractivity contribution in [1.29, 1.82) is 5.26 Å². The third-order valence-electron chi connectivity index (χ3n) is 4.08. The van der Waals surface area contributed by atoms with E-state index in [2.05, 4.69) is 5.32 Å². The summed E-state index contributed by atoms with van der Waals surface area (Å²) < 4.78 is 39.1. The Morgan fingerprint density at radius 2 is 1.79 bits per heavy atom. The molecular weight excluding hydrogens is 405 g/mol. The average Bonchev–Trinajstić information content (AvgIpc) is 2.66. The van der Waals surface area contributed by atoms with Gasteiger partial charge in [0.1, 0.15) is 0 Å². The van der Waals surface area contributed by atoms with Crippen molar-refractivity contribution in [2.24, 2.45) is 0 Å². The number of nitrogens with one attached hydrogen (secondary N) is 1. The van der Waals surface area contributed by atoms with E-state index < -0.39 is 22.8 Å². The Kier molecular flexibility index (Phi) is 7.48. The van der Waals surface area contributed by atoms with E-state index in [-0.39, 0.29) is 12.2 Å². The largest absolute Gasteiger partial charge is 0.417 e. The Bertz CT molecular complexity index is 892. The number of rotatable bonds is 6. The summed E-state index contributed by atoms with van der Waals surface area (Å²) in [6.45, 7) is 1.17. The summed E-state index contributed by atoms with van der Waals surface area (Å²) in [6.07, 6.45) is -4.62.